The van der Waals surface area contributed by atoms with Gasteiger partial charge in [-0.3, -0.25) is 9.59 Å². The molecule has 0 radical (unpaired) electrons. The first-order valence-electron chi connectivity index (χ1n) is 6.52. The molecule has 5 nitrogen and oxygen atoms in total. The fourth-order valence-electron chi connectivity index (χ4n) is 2.45. The minimum Gasteiger partial charge on any atom is -0.469 e. The Morgan fingerprint density at radius 2 is 2.20 bits per heavy atom. The topological polar surface area (TPSA) is 59.5 Å². The number of piperidine rings is 1. The van der Waals surface area contributed by atoms with Gasteiger partial charge in [0.05, 0.1) is 13.0 Å². The Labute approximate surface area is 122 Å². The number of aromatic nitrogens is 1. The van der Waals surface area contributed by atoms with Gasteiger partial charge in [-0.1, -0.05) is 11.6 Å². The monoisotopic (exact) mass is 296 g/mol. The standard InChI is InChI=1S/C14H17ClN2O3/c1-9-6-11(7-12(15)16-9)13(18)17-5-3-4-10(8-17)14(19)20-2/h6-7,10H,3-5,8H2,1-2H3/t10-/m0/s1. The number of hydrogen-bond acceptors (Lipinski definition) is 4. The van der Waals surface area contributed by atoms with Crippen molar-refractivity contribution in [2.75, 3.05) is 20.2 Å². The first-order valence-corrected chi connectivity index (χ1v) is 6.90. The maximum absolute atomic E-state index is 12.4. The molecule has 0 aliphatic carbocycles. The van der Waals surface area contributed by atoms with Crippen LogP contribution in [0.15, 0.2) is 12.1 Å². The summed E-state index contributed by atoms with van der Waals surface area (Å²) in [6.07, 6.45) is 1.55. The summed E-state index contributed by atoms with van der Waals surface area (Å²) >= 11 is 5.88. The van der Waals surface area contributed by atoms with E-state index in [1.165, 1.54) is 7.11 Å². The van der Waals surface area contributed by atoms with E-state index in [0.29, 0.717) is 29.5 Å². The lowest BCUT2D eigenvalue weighted by Crippen LogP contribution is -2.42. The summed E-state index contributed by atoms with van der Waals surface area (Å²) in [6.45, 7) is 2.83. The molecular formula is C14H17ClN2O3. The molecule has 0 bridgehead atoms. The minimum absolute atomic E-state index is 0.119. The van der Waals surface area contributed by atoms with Crippen LogP contribution in [-0.4, -0.2) is 42.0 Å². The van der Waals surface area contributed by atoms with Gasteiger partial charge in [0, 0.05) is 24.3 Å². The molecule has 1 aliphatic rings. The summed E-state index contributed by atoms with van der Waals surface area (Å²) in [6, 6.07) is 3.26. The maximum atomic E-state index is 12.4. The zero-order chi connectivity index (χ0) is 14.7. The lowest BCUT2D eigenvalue weighted by Gasteiger charge is -2.31. The molecule has 1 aliphatic heterocycles. The SMILES string of the molecule is COC(=O)[C@H]1CCCN(C(=O)c2cc(C)nc(Cl)c2)C1. The number of hydrogen-bond donors (Lipinski definition) is 0. The molecule has 6 heteroatoms. The predicted octanol–water partition coefficient (Wildman–Crippen LogP) is 2.07. The lowest BCUT2D eigenvalue weighted by atomic mass is 9.97. The van der Waals surface area contributed by atoms with Gasteiger partial charge in [0.25, 0.3) is 5.91 Å². The van der Waals surface area contributed by atoms with E-state index in [9.17, 15) is 9.59 Å². The van der Waals surface area contributed by atoms with Crippen LogP contribution >= 0.6 is 11.6 Å². The van der Waals surface area contributed by atoms with Crippen LogP contribution in [0.4, 0.5) is 0 Å². The number of likely N-dealkylation sites (tertiary alicyclic amines) is 1. The largest absolute Gasteiger partial charge is 0.469 e. The predicted molar refractivity (Wildman–Crippen MR) is 74.6 cm³/mol. The molecule has 20 heavy (non-hydrogen) atoms. The Kier molecular flexibility index (Phi) is 4.60. The number of esters is 1. The summed E-state index contributed by atoms with van der Waals surface area (Å²) in [7, 11) is 1.37. The fraction of sp³-hybridized carbons (Fsp3) is 0.500. The summed E-state index contributed by atoms with van der Waals surface area (Å²) in [5.74, 6) is -0.617. The van der Waals surface area contributed by atoms with Crippen molar-refractivity contribution in [2.24, 2.45) is 5.92 Å². The average molecular weight is 297 g/mol. The molecule has 2 heterocycles. The van der Waals surface area contributed by atoms with E-state index in [1.807, 2.05) is 0 Å². The zero-order valence-electron chi connectivity index (χ0n) is 11.6. The van der Waals surface area contributed by atoms with Crippen molar-refractivity contribution in [3.8, 4) is 0 Å². The Morgan fingerprint density at radius 1 is 1.45 bits per heavy atom. The number of pyridine rings is 1. The Balaban J connectivity index is 2.14. The smallest absolute Gasteiger partial charge is 0.310 e. The van der Waals surface area contributed by atoms with Gasteiger partial charge in [-0.2, -0.15) is 0 Å². The molecule has 2 rings (SSSR count). The number of carbonyl (C=O) groups is 2. The zero-order valence-corrected chi connectivity index (χ0v) is 12.3. The van der Waals surface area contributed by atoms with E-state index >= 15 is 0 Å². The van der Waals surface area contributed by atoms with Crippen LogP contribution in [0.2, 0.25) is 5.15 Å². The number of amides is 1. The third-order valence-corrected chi connectivity index (χ3v) is 3.61. The van der Waals surface area contributed by atoms with E-state index in [1.54, 1.807) is 24.0 Å². The first-order chi connectivity index (χ1) is 9.51. The fourth-order valence-corrected chi connectivity index (χ4v) is 2.71. The van der Waals surface area contributed by atoms with Gasteiger partial charge in [-0.05, 0) is 31.9 Å². The molecule has 1 amide bonds. The van der Waals surface area contributed by atoms with Gasteiger partial charge in [-0.25, -0.2) is 4.98 Å². The highest BCUT2D eigenvalue weighted by molar-refractivity contribution is 6.29. The van der Waals surface area contributed by atoms with E-state index in [2.05, 4.69) is 4.98 Å². The first kappa shape index (κ1) is 14.8. The summed E-state index contributed by atoms with van der Waals surface area (Å²) in [5.41, 5.74) is 1.20. The second kappa shape index (κ2) is 6.22. The molecule has 0 saturated carbocycles. The van der Waals surface area contributed by atoms with Crippen LogP contribution < -0.4 is 0 Å². The minimum atomic E-state index is -0.258. The van der Waals surface area contributed by atoms with Crippen molar-refractivity contribution < 1.29 is 14.3 Å². The van der Waals surface area contributed by atoms with Crippen molar-refractivity contribution in [1.82, 2.24) is 9.88 Å². The molecule has 108 valence electrons. The lowest BCUT2D eigenvalue weighted by molar-refractivity contribution is -0.146. The Bertz CT molecular complexity index is 513. The van der Waals surface area contributed by atoms with Gasteiger partial charge in [0.1, 0.15) is 5.15 Å². The summed E-state index contributed by atoms with van der Waals surface area (Å²) in [4.78, 5) is 29.8. The van der Waals surface area contributed by atoms with Gasteiger partial charge in [0.15, 0.2) is 0 Å². The molecule has 1 fully saturated rings. The van der Waals surface area contributed by atoms with Gasteiger partial charge in [-0.15, -0.1) is 0 Å². The van der Waals surface area contributed by atoms with Gasteiger partial charge >= 0.3 is 5.97 Å². The highest BCUT2D eigenvalue weighted by Crippen LogP contribution is 2.20. The van der Waals surface area contributed by atoms with E-state index < -0.39 is 0 Å². The number of halogens is 1. The average Bonchev–Trinajstić information content (AvgIpc) is 2.44. The number of methoxy groups -OCH3 is 1. The van der Waals surface area contributed by atoms with Crippen LogP contribution in [-0.2, 0) is 9.53 Å². The molecule has 1 aromatic heterocycles. The van der Waals surface area contributed by atoms with Crippen LogP contribution in [0.3, 0.4) is 0 Å². The van der Waals surface area contributed by atoms with Crippen molar-refractivity contribution in [2.45, 2.75) is 19.8 Å². The second-order valence-corrected chi connectivity index (χ2v) is 5.32. The molecule has 0 N–H and O–H groups in total. The quantitative estimate of drug-likeness (QED) is 0.619. The van der Waals surface area contributed by atoms with Crippen molar-refractivity contribution in [3.63, 3.8) is 0 Å². The summed E-state index contributed by atoms with van der Waals surface area (Å²) in [5, 5.41) is 0.301. The molecule has 1 atom stereocenters. The number of aryl methyl sites for hydroxylation is 1. The summed E-state index contributed by atoms with van der Waals surface area (Å²) < 4.78 is 4.75. The number of rotatable bonds is 2. The maximum Gasteiger partial charge on any atom is 0.310 e. The van der Waals surface area contributed by atoms with E-state index in [0.717, 1.165) is 12.8 Å². The van der Waals surface area contributed by atoms with E-state index in [4.69, 9.17) is 16.3 Å². The molecule has 1 saturated heterocycles. The Hall–Kier alpha value is -1.62. The van der Waals surface area contributed by atoms with Crippen molar-refractivity contribution in [1.29, 1.82) is 0 Å². The third kappa shape index (κ3) is 3.28. The number of nitrogens with zero attached hydrogens (tertiary/aromatic N) is 2. The van der Waals surface area contributed by atoms with Crippen LogP contribution in [0, 0.1) is 12.8 Å². The highest BCUT2D eigenvalue weighted by atomic mass is 35.5. The van der Waals surface area contributed by atoms with E-state index in [-0.39, 0.29) is 17.8 Å². The molecule has 0 aromatic carbocycles. The van der Waals surface area contributed by atoms with Crippen LogP contribution in [0.25, 0.3) is 0 Å². The second-order valence-electron chi connectivity index (χ2n) is 4.93. The van der Waals surface area contributed by atoms with Gasteiger partial charge < -0.3 is 9.64 Å². The van der Waals surface area contributed by atoms with Crippen molar-refractivity contribution >= 4 is 23.5 Å². The molecule has 0 unspecified atom stereocenters. The van der Waals surface area contributed by atoms with Gasteiger partial charge in [0.2, 0.25) is 0 Å². The number of carbonyl (C=O) groups excluding carboxylic acids is 2. The normalized spacial score (nSPS) is 18.8. The number of ether oxygens (including phenoxy) is 1. The third-order valence-electron chi connectivity index (χ3n) is 3.41. The molecular weight excluding hydrogens is 280 g/mol. The van der Waals surface area contributed by atoms with Crippen LogP contribution in [0.1, 0.15) is 28.9 Å². The molecule has 1 aromatic rings. The van der Waals surface area contributed by atoms with Crippen LogP contribution in [0.5, 0.6) is 0 Å². The molecule has 0 spiro atoms. The highest BCUT2D eigenvalue weighted by Gasteiger charge is 2.29. The van der Waals surface area contributed by atoms with Crippen molar-refractivity contribution in [3.05, 3.63) is 28.5 Å². The Morgan fingerprint density at radius 3 is 2.85 bits per heavy atom.